The molecule has 3 unspecified atom stereocenters. The summed E-state index contributed by atoms with van der Waals surface area (Å²) in [5.41, 5.74) is 0. The van der Waals surface area contributed by atoms with E-state index in [9.17, 15) is 0 Å². The highest BCUT2D eigenvalue weighted by atomic mass is 15.1. The fourth-order valence-corrected chi connectivity index (χ4v) is 3.72. The lowest BCUT2D eigenvalue weighted by atomic mass is 9.88. The lowest BCUT2D eigenvalue weighted by Gasteiger charge is -2.30. The molecule has 3 atom stereocenters. The van der Waals surface area contributed by atoms with Gasteiger partial charge in [0.25, 0.3) is 0 Å². The number of rotatable bonds is 7. The average molecular weight is 238 g/mol. The number of hydrogen-bond donors (Lipinski definition) is 1. The Balaban J connectivity index is 1.79. The van der Waals surface area contributed by atoms with E-state index in [2.05, 4.69) is 31.0 Å². The molecule has 2 heterocycles. The van der Waals surface area contributed by atoms with Gasteiger partial charge in [-0.25, -0.2) is 0 Å². The second-order valence-electron chi connectivity index (χ2n) is 6.08. The van der Waals surface area contributed by atoms with Crippen LogP contribution in [0.25, 0.3) is 0 Å². The minimum atomic E-state index is 0.843. The van der Waals surface area contributed by atoms with Crippen LogP contribution in [0.1, 0.15) is 52.9 Å². The summed E-state index contributed by atoms with van der Waals surface area (Å²) in [7, 11) is 0. The number of hydrogen-bond acceptors (Lipinski definition) is 2. The van der Waals surface area contributed by atoms with Gasteiger partial charge in [-0.2, -0.15) is 0 Å². The van der Waals surface area contributed by atoms with E-state index in [-0.39, 0.29) is 0 Å². The fraction of sp³-hybridized carbons (Fsp3) is 1.00. The molecule has 100 valence electrons. The molecular formula is C15H30N2. The van der Waals surface area contributed by atoms with Gasteiger partial charge in [0.1, 0.15) is 0 Å². The van der Waals surface area contributed by atoms with Crippen LogP contribution in [0.5, 0.6) is 0 Å². The predicted octanol–water partition coefficient (Wildman–Crippen LogP) is 2.89. The second kappa shape index (κ2) is 6.19. The second-order valence-corrected chi connectivity index (χ2v) is 6.08. The van der Waals surface area contributed by atoms with Crippen molar-refractivity contribution in [1.82, 2.24) is 10.2 Å². The summed E-state index contributed by atoms with van der Waals surface area (Å²) in [4.78, 5) is 2.70. The molecule has 0 amide bonds. The third kappa shape index (κ3) is 3.23. The molecule has 0 aliphatic carbocycles. The van der Waals surface area contributed by atoms with Crippen LogP contribution in [0.15, 0.2) is 0 Å². The van der Waals surface area contributed by atoms with Crippen molar-refractivity contribution in [3.63, 3.8) is 0 Å². The molecule has 2 aliphatic heterocycles. The Bertz CT molecular complexity index is 225. The Labute approximate surface area is 107 Å². The first-order valence-electron chi connectivity index (χ1n) is 7.75. The lowest BCUT2D eigenvalue weighted by Crippen LogP contribution is -2.37. The summed E-state index contributed by atoms with van der Waals surface area (Å²) < 4.78 is 0. The first kappa shape index (κ1) is 13.4. The molecule has 0 aromatic carbocycles. The molecule has 2 nitrogen and oxygen atoms in total. The van der Waals surface area contributed by atoms with Gasteiger partial charge >= 0.3 is 0 Å². The van der Waals surface area contributed by atoms with Gasteiger partial charge < -0.3 is 10.2 Å². The summed E-state index contributed by atoms with van der Waals surface area (Å²) in [5, 5.41) is 3.76. The fourth-order valence-electron chi connectivity index (χ4n) is 3.72. The zero-order valence-electron chi connectivity index (χ0n) is 11.9. The minimum absolute atomic E-state index is 0.843. The smallest absolute Gasteiger partial charge is 0.0111 e. The molecule has 0 saturated carbocycles. The van der Waals surface area contributed by atoms with Crippen LogP contribution in [0.4, 0.5) is 0 Å². The molecule has 1 N–H and O–H groups in total. The van der Waals surface area contributed by atoms with Gasteiger partial charge in [0.15, 0.2) is 0 Å². The Morgan fingerprint density at radius 2 is 1.94 bits per heavy atom. The molecule has 0 aromatic rings. The molecule has 0 radical (unpaired) electrons. The van der Waals surface area contributed by atoms with Crippen LogP contribution in [0, 0.1) is 11.8 Å². The molecule has 2 heteroatoms. The summed E-state index contributed by atoms with van der Waals surface area (Å²) >= 11 is 0. The van der Waals surface area contributed by atoms with Crippen molar-refractivity contribution in [2.75, 3.05) is 19.6 Å². The van der Waals surface area contributed by atoms with Crippen LogP contribution in [-0.2, 0) is 0 Å². The van der Waals surface area contributed by atoms with E-state index in [1.54, 1.807) is 0 Å². The number of nitrogens with zero attached hydrogens (tertiary/aromatic N) is 1. The molecule has 2 aliphatic rings. The van der Waals surface area contributed by atoms with Gasteiger partial charge in [-0.05, 0) is 37.6 Å². The van der Waals surface area contributed by atoms with Gasteiger partial charge in [0.05, 0.1) is 0 Å². The highest BCUT2D eigenvalue weighted by Gasteiger charge is 2.39. The van der Waals surface area contributed by atoms with Crippen molar-refractivity contribution in [3.05, 3.63) is 0 Å². The zero-order valence-corrected chi connectivity index (χ0v) is 11.9. The molecule has 0 spiro atoms. The third-order valence-corrected chi connectivity index (χ3v) is 5.04. The van der Waals surface area contributed by atoms with Gasteiger partial charge in [-0.1, -0.05) is 33.6 Å². The number of fused-ring (bicyclic) bond motifs is 2. The van der Waals surface area contributed by atoms with Crippen molar-refractivity contribution in [2.24, 2.45) is 11.8 Å². The standard InChI is InChI=1S/C15H30N2/c1-4-12(5-2)10-17(6-3)11-13-9-14-7-8-15(13)16-14/h12-16H,4-11H2,1-3H3. The SMILES string of the molecule is CCC(CC)CN(CC)CC1CC2CCC1N2. The zero-order chi connectivity index (χ0) is 12.3. The molecule has 2 saturated heterocycles. The van der Waals surface area contributed by atoms with Gasteiger partial charge in [-0.3, -0.25) is 0 Å². The van der Waals surface area contributed by atoms with Crippen molar-refractivity contribution in [3.8, 4) is 0 Å². The van der Waals surface area contributed by atoms with Gasteiger partial charge in [-0.15, -0.1) is 0 Å². The van der Waals surface area contributed by atoms with Crippen LogP contribution < -0.4 is 5.32 Å². The van der Waals surface area contributed by atoms with Crippen LogP contribution in [0.3, 0.4) is 0 Å². The highest BCUT2D eigenvalue weighted by molar-refractivity contribution is 4.98. The van der Waals surface area contributed by atoms with Crippen molar-refractivity contribution in [1.29, 1.82) is 0 Å². The summed E-state index contributed by atoms with van der Waals surface area (Å²) in [6.07, 6.45) is 6.96. The minimum Gasteiger partial charge on any atom is -0.311 e. The number of nitrogens with one attached hydrogen (secondary N) is 1. The highest BCUT2D eigenvalue weighted by Crippen LogP contribution is 2.33. The van der Waals surface area contributed by atoms with E-state index >= 15 is 0 Å². The van der Waals surface area contributed by atoms with Crippen molar-refractivity contribution < 1.29 is 0 Å². The maximum Gasteiger partial charge on any atom is 0.0111 e. The normalized spacial score (nSPS) is 31.9. The molecule has 2 fully saturated rings. The van der Waals surface area contributed by atoms with Crippen LogP contribution in [0.2, 0.25) is 0 Å². The Kier molecular flexibility index (Phi) is 4.87. The van der Waals surface area contributed by atoms with E-state index in [1.165, 1.54) is 51.7 Å². The van der Waals surface area contributed by atoms with Crippen LogP contribution >= 0.6 is 0 Å². The molecule has 0 aromatic heterocycles. The topological polar surface area (TPSA) is 15.3 Å². The Morgan fingerprint density at radius 1 is 1.18 bits per heavy atom. The Hall–Kier alpha value is -0.0800. The predicted molar refractivity (Wildman–Crippen MR) is 74.2 cm³/mol. The average Bonchev–Trinajstić information content (AvgIpc) is 2.96. The lowest BCUT2D eigenvalue weighted by molar-refractivity contribution is 0.187. The van der Waals surface area contributed by atoms with E-state index in [4.69, 9.17) is 0 Å². The van der Waals surface area contributed by atoms with E-state index in [1.807, 2.05) is 0 Å². The summed E-state index contributed by atoms with van der Waals surface area (Å²) in [5.74, 6) is 1.84. The van der Waals surface area contributed by atoms with Gasteiger partial charge in [0, 0.05) is 25.2 Å². The summed E-state index contributed by atoms with van der Waals surface area (Å²) in [6.45, 7) is 10.9. The third-order valence-electron chi connectivity index (χ3n) is 5.04. The van der Waals surface area contributed by atoms with Gasteiger partial charge in [0.2, 0.25) is 0 Å². The van der Waals surface area contributed by atoms with E-state index < -0.39 is 0 Å². The first-order chi connectivity index (χ1) is 8.26. The maximum atomic E-state index is 3.76. The molecular weight excluding hydrogens is 208 g/mol. The molecule has 2 rings (SSSR count). The van der Waals surface area contributed by atoms with Crippen LogP contribution in [-0.4, -0.2) is 36.6 Å². The first-order valence-corrected chi connectivity index (χ1v) is 7.75. The summed E-state index contributed by atoms with van der Waals surface area (Å²) in [6, 6.07) is 1.70. The quantitative estimate of drug-likeness (QED) is 0.733. The Morgan fingerprint density at radius 3 is 2.41 bits per heavy atom. The monoisotopic (exact) mass is 238 g/mol. The molecule has 2 bridgehead atoms. The molecule has 17 heavy (non-hydrogen) atoms. The van der Waals surface area contributed by atoms with E-state index in [0.717, 1.165) is 23.9 Å². The maximum absolute atomic E-state index is 3.76. The van der Waals surface area contributed by atoms with E-state index in [0.29, 0.717) is 0 Å². The van der Waals surface area contributed by atoms with Crippen molar-refractivity contribution >= 4 is 0 Å². The van der Waals surface area contributed by atoms with Crippen molar-refractivity contribution in [2.45, 2.75) is 65.0 Å². The largest absolute Gasteiger partial charge is 0.311 e.